The van der Waals surface area contributed by atoms with Crippen molar-refractivity contribution < 1.29 is 4.79 Å². The number of anilines is 1. The number of carbonyl (C=O) groups is 1. The maximum absolute atomic E-state index is 12.4. The first-order valence-electron chi connectivity index (χ1n) is 10.1. The third-order valence-electron chi connectivity index (χ3n) is 5.21. The molecule has 0 unspecified atom stereocenters. The van der Waals surface area contributed by atoms with Gasteiger partial charge in [-0.25, -0.2) is 0 Å². The van der Waals surface area contributed by atoms with Gasteiger partial charge >= 0.3 is 0 Å². The summed E-state index contributed by atoms with van der Waals surface area (Å²) >= 11 is 0. The fraction of sp³-hybridized carbons (Fsp3) is 0.200. The molecule has 0 radical (unpaired) electrons. The smallest absolute Gasteiger partial charge is 0.224 e. The molecule has 4 aromatic rings. The number of carbonyl (C=O) groups excluding carboxylic acids is 1. The Morgan fingerprint density at radius 2 is 1.79 bits per heavy atom. The molecule has 146 valence electrons. The van der Waals surface area contributed by atoms with E-state index in [-0.39, 0.29) is 5.91 Å². The zero-order chi connectivity index (χ0) is 20.1. The monoisotopic (exact) mass is 383 g/mol. The normalized spacial score (nSPS) is 10.9. The predicted molar refractivity (Wildman–Crippen MR) is 119 cm³/mol. The third kappa shape index (κ3) is 4.37. The predicted octanol–water partition coefficient (Wildman–Crippen LogP) is 5.75. The zero-order valence-corrected chi connectivity index (χ0v) is 16.6. The van der Waals surface area contributed by atoms with Crippen LogP contribution in [0.1, 0.15) is 30.9 Å². The maximum atomic E-state index is 12.4. The molecular weight excluding hydrogens is 358 g/mol. The van der Waals surface area contributed by atoms with Crippen LogP contribution in [0.4, 0.5) is 5.69 Å². The first kappa shape index (κ1) is 18.9. The molecule has 29 heavy (non-hydrogen) atoms. The molecule has 0 aliphatic rings. The maximum Gasteiger partial charge on any atom is 0.224 e. The Morgan fingerprint density at radius 3 is 2.55 bits per heavy atom. The molecule has 2 heterocycles. The van der Waals surface area contributed by atoms with Crippen molar-refractivity contribution in [2.24, 2.45) is 0 Å². The van der Waals surface area contributed by atoms with Crippen LogP contribution in [0.15, 0.2) is 72.9 Å². The molecule has 4 heteroatoms. The summed E-state index contributed by atoms with van der Waals surface area (Å²) in [6, 6.07) is 22.3. The summed E-state index contributed by atoms with van der Waals surface area (Å²) in [5.41, 5.74) is 6.42. The highest BCUT2D eigenvalue weighted by Gasteiger charge is 2.14. The Kier molecular flexibility index (Phi) is 5.71. The highest BCUT2D eigenvalue weighted by atomic mass is 16.1. The van der Waals surface area contributed by atoms with Crippen molar-refractivity contribution >= 4 is 22.5 Å². The number of fused-ring (bicyclic) bond motifs is 1. The third-order valence-corrected chi connectivity index (χ3v) is 5.21. The first-order chi connectivity index (χ1) is 14.2. The molecule has 0 aliphatic carbocycles. The van der Waals surface area contributed by atoms with Gasteiger partial charge in [0.2, 0.25) is 5.91 Å². The molecule has 2 aromatic heterocycles. The summed E-state index contributed by atoms with van der Waals surface area (Å²) < 4.78 is 0. The average Bonchev–Trinajstić information content (AvgIpc) is 3.14. The minimum atomic E-state index is 0.0495. The van der Waals surface area contributed by atoms with E-state index < -0.39 is 0 Å². The van der Waals surface area contributed by atoms with Crippen LogP contribution in [0.2, 0.25) is 0 Å². The van der Waals surface area contributed by atoms with Gasteiger partial charge in [-0.05, 0) is 60.7 Å². The standard InChI is InChI=1S/C25H25N3O/c1-2-18-13-15-19(16-14-18)27-24(29)12-7-9-21-20-8-3-4-10-22(20)28-25(21)23-11-5-6-17-26-23/h3-6,8,10-11,13-17,28H,2,7,9,12H2,1H3,(H,27,29). The number of amides is 1. The fourth-order valence-corrected chi connectivity index (χ4v) is 3.66. The van der Waals surface area contributed by atoms with Gasteiger partial charge in [0.05, 0.1) is 11.4 Å². The Morgan fingerprint density at radius 1 is 1.00 bits per heavy atom. The van der Waals surface area contributed by atoms with E-state index in [0.29, 0.717) is 6.42 Å². The van der Waals surface area contributed by atoms with Crippen LogP contribution in [0.3, 0.4) is 0 Å². The molecular formula is C25H25N3O. The lowest BCUT2D eigenvalue weighted by Crippen LogP contribution is -2.11. The molecule has 0 spiro atoms. The number of H-pyrrole nitrogens is 1. The number of benzene rings is 2. The van der Waals surface area contributed by atoms with Crippen molar-refractivity contribution in [2.75, 3.05) is 5.32 Å². The SMILES string of the molecule is CCc1ccc(NC(=O)CCCc2c(-c3ccccn3)[nH]c3ccccc23)cc1. The number of hydrogen-bond donors (Lipinski definition) is 2. The van der Waals surface area contributed by atoms with Gasteiger partial charge in [-0.1, -0.05) is 43.3 Å². The summed E-state index contributed by atoms with van der Waals surface area (Å²) in [4.78, 5) is 20.4. The quantitative estimate of drug-likeness (QED) is 0.427. The van der Waals surface area contributed by atoms with Gasteiger partial charge in [-0.15, -0.1) is 0 Å². The lowest BCUT2D eigenvalue weighted by molar-refractivity contribution is -0.116. The molecule has 0 bridgehead atoms. The summed E-state index contributed by atoms with van der Waals surface area (Å²) in [6.45, 7) is 2.12. The van der Waals surface area contributed by atoms with E-state index in [0.717, 1.165) is 41.9 Å². The highest BCUT2D eigenvalue weighted by molar-refractivity contribution is 5.91. The van der Waals surface area contributed by atoms with Gasteiger partial charge < -0.3 is 10.3 Å². The fourth-order valence-electron chi connectivity index (χ4n) is 3.66. The number of pyridine rings is 1. The summed E-state index contributed by atoms with van der Waals surface area (Å²) in [5.74, 6) is 0.0495. The highest BCUT2D eigenvalue weighted by Crippen LogP contribution is 2.30. The van der Waals surface area contributed by atoms with Gasteiger partial charge in [0.1, 0.15) is 0 Å². The van der Waals surface area contributed by atoms with Crippen molar-refractivity contribution in [1.82, 2.24) is 9.97 Å². The number of aromatic nitrogens is 2. The van der Waals surface area contributed by atoms with Gasteiger partial charge in [0.15, 0.2) is 0 Å². The molecule has 4 rings (SSSR count). The summed E-state index contributed by atoms with van der Waals surface area (Å²) in [6.07, 6.45) is 4.88. The van der Waals surface area contributed by atoms with Crippen molar-refractivity contribution in [3.05, 3.63) is 84.1 Å². The molecule has 0 atom stereocenters. The van der Waals surface area contributed by atoms with E-state index in [9.17, 15) is 4.79 Å². The van der Waals surface area contributed by atoms with E-state index in [1.807, 2.05) is 42.6 Å². The van der Waals surface area contributed by atoms with Crippen molar-refractivity contribution in [2.45, 2.75) is 32.6 Å². The van der Waals surface area contributed by atoms with Gasteiger partial charge in [-0.3, -0.25) is 9.78 Å². The lowest BCUT2D eigenvalue weighted by Gasteiger charge is -2.07. The number of para-hydroxylation sites is 1. The largest absolute Gasteiger partial charge is 0.353 e. The van der Waals surface area contributed by atoms with E-state index in [2.05, 4.69) is 52.5 Å². The van der Waals surface area contributed by atoms with Gasteiger partial charge in [0, 0.05) is 29.2 Å². The van der Waals surface area contributed by atoms with E-state index in [1.165, 1.54) is 16.5 Å². The van der Waals surface area contributed by atoms with Crippen molar-refractivity contribution in [3.8, 4) is 11.4 Å². The van der Waals surface area contributed by atoms with E-state index in [1.54, 1.807) is 0 Å². The molecule has 1 amide bonds. The molecule has 4 nitrogen and oxygen atoms in total. The Balaban J connectivity index is 1.46. The van der Waals surface area contributed by atoms with Crippen LogP contribution < -0.4 is 5.32 Å². The van der Waals surface area contributed by atoms with Gasteiger partial charge in [0.25, 0.3) is 0 Å². The number of rotatable bonds is 7. The van der Waals surface area contributed by atoms with E-state index in [4.69, 9.17) is 0 Å². The Hall–Kier alpha value is -3.40. The van der Waals surface area contributed by atoms with Crippen LogP contribution in [0, 0.1) is 0 Å². The number of nitrogens with one attached hydrogen (secondary N) is 2. The molecule has 0 aliphatic heterocycles. The summed E-state index contributed by atoms with van der Waals surface area (Å²) in [7, 11) is 0. The van der Waals surface area contributed by atoms with Crippen LogP contribution in [-0.4, -0.2) is 15.9 Å². The second-order valence-corrected chi connectivity index (χ2v) is 7.19. The zero-order valence-electron chi connectivity index (χ0n) is 16.6. The molecule has 2 aromatic carbocycles. The minimum Gasteiger partial charge on any atom is -0.353 e. The molecule has 0 saturated heterocycles. The topological polar surface area (TPSA) is 57.8 Å². The van der Waals surface area contributed by atoms with Crippen LogP contribution >= 0.6 is 0 Å². The lowest BCUT2D eigenvalue weighted by atomic mass is 10.0. The van der Waals surface area contributed by atoms with Crippen molar-refractivity contribution in [3.63, 3.8) is 0 Å². The Labute approximate surface area is 171 Å². The van der Waals surface area contributed by atoms with Crippen molar-refractivity contribution in [1.29, 1.82) is 0 Å². The second-order valence-electron chi connectivity index (χ2n) is 7.19. The number of hydrogen-bond acceptors (Lipinski definition) is 2. The summed E-state index contributed by atoms with van der Waals surface area (Å²) in [5, 5.41) is 4.20. The van der Waals surface area contributed by atoms with Gasteiger partial charge in [-0.2, -0.15) is 0 Å². The molecule has 2 N–H and O–H groups in total. The number of aromatic amines is 1. The number of aryl methyl sites for hydroxylation is 2. The second kappa shape index (κ2) is 8.74. The van der Waals surface area contributed by atoms with Crippen LogP contribution in [-0.2, 0) is 17.6 Å². The molecule has 0 fully saturated rings. The van der Waals surface area contributed by atoms with E-state index >= 15 is 0 Å². The Bertz CT molecular complexity index is 1100. The van der Waals surface area contributed by atoms with Crippen LogP contribution in [0.5, 0.6) is 0 Å². The molecule has 0 saturated carbocycles. The number of nitrogens with zero attached hydrogens (tertiary/aromatic N) is 1. The minimum absolute atomic E-state index is 0.0495. The van der Waals surface area contributed by atoms with Crippen LogP contribution in [0.25, 0.3) is 22.3 Å². The first-order valence-corrected chi connectivity index (χ1v) is 10.1. The average molecular weight is 383 g/mol.